The zero-order valence-corrected chi connectivity index (χ0v) is 15.6. The molecule has 4 nitrogen and oxygen atoms in total. The predicted molar refractivity (Wildman–Crippen MR) is 94.0 cm³/mol. The summed E-state index contributed by atoms with van der Waals surface area (Å²) in [6, 6.07) is 5.71. The highest BCUT2D eigenvalue weighted by molar-refractivity contribution is 7.92. The van der Waals surface area contributed by atoms with Crippen molar-refractivity contribution in [2.24, 2.45) is 0 Å². The molecule has 0 fully saturated rings. The molecule has 2 aromatic rings. The standard InChI is InChI=1S/C18H21F2NO3S/c1-10-11(2)13(4)17(14(5)12(10)3)25(22,23)21-15-8-6-7-9-16(15)24-18(19)20/h6-9,18,21H,1-5H3. The van der Waals surface area contributed by atoms with E-state index in [0.29, 0.717) is 11.1 Å². The molecular formula is C18H21F2NO3S. The van der Waals surface area contributed by atoms with E-state index in [1.54, 1.807) is 19.9 Å². The summed E-state index contributed by atoms with van der Waals surface area (Å²) in [5, 5.41) is 0. The third-order valence-corrected chi connectivity index (χ3v) is 6.19. The normalized spacial score (nSPS) is 11.7. The molecule has 1 N–H and O–H groups in total. The molecule has 0 spiro atoms. The molecule has 25 heavy (non-hydrogen) atoms. The molecular weight excluding hydrogens is 348 g/mol. The molecule has 136 valence electrons. The van der Waals surface area contributed by atoms with E-state index in [-0.39, 0.29) is 16.3 Å². The molecule has 0 saturated heterocycles. The zero-order valence-electron chi connectivity index (χ0n) is 14.8. The molecule has 0 atom stereocenters. The van der Waals surface area contributed by atoms with Crippen LogP contribution in [0.5, 0.6) is 5.75 Å². The largest absolute Gasteiger partial charge is 0.433 e. The van der Waals surface area contributed by atoms with E-state index in [4.69, 9.17) is 0 Å². The van der Waals surface area contributed by atoms with Crippen molar-refractivity contribution in [2.75, 3.05) is 4.72 Å². The molecule has 2 rings (SSSR count). The molecule has 2 aromatic carbocycles. The number of ether oxygens (including phenoxy) is 1. The first kappa shape index (κ1) is 19.2. The monoisotopic (exact) mass is 369 g/mol. The van der Waals surface area contributed by atoms with Gasteiger partial charge in [0, 0.05) is 0 Å². The molecule has 0 aliphatic heterocycles. The molecule has 7 heteroatoms. The highest BCUT2D eigenvalue weighted by atomic mass is 32.2. The Morgan fingerprint density at radius 3 is 1.88 bits per heavy atom. The van der Waals surface area contributed by atoms with Crippen LogP contribution in [0, 0.1) is 34.6 Å². The Morgan fingerprint density at radius 2 is 1.36 bits per heavy atom. The second kappa shape index (κ2) is 7.00. The smallest absolute Gasteiger partial charge is 0.387 e. The maximum Gasteiger partial charge on any atom is 0.387 e. The Morgan fingerprint density at radius 1 is 0.880 bits per heavy atom. The number of benzene rings is 2. The topological polar surface area (TPSA) is 55.4 Å². The van der Waals surface area contributed by atoms with Gasteiger partial charge in [-0.1, -0.05) is 12.1 Å². The summed E-state index contributed by atoms with van der Waals surface area (Å²) in [7, 11) is -3.97. The minimum Gasteiger partial charge on any atom is -0.433 e. The Labute approximate surface area is 146 Å². The van der Waals surface area contributed by atoms with Crippen LogP contribution >= 0.6 is 0 Å². The first-order chi connectivity index (χ1) is 11.6. The number of nitrogens with one attached hydrogen (secondary N) is 1. The van der Waals surface area contributed by atoms with Gasteiger partial charge in [0.1, 0.15) is 5.75 Å². The van der Waals surface area contributed by atoms with Gasteiger partial charge >= 0.3 is 6.61 Å². The van der Waals surface area contributed by atoms with E-state index in [2.05, 4.69) is 9.46 Å². The second-order valence-corrected chi connectivity index (χ2v) is 7.55. The summed E-state index contributed by atoms with van der Waals surface area (Å²) in [5.41, 5.74) is 4.06. The highest BCUT2D eigenvalue weighted by Gasteiger charge is 2.25. The van der Waals surface area contributed by atoms with Crippen LogP contribution in [0.3, 0.4) is 0 Å². The van der Waals surface area contributed by atoms with Crippen molar-refractivity contribution < 1.29 is 21.9 Å². The number of sulfonamides is 1. The van der Waals surface area contributed by atoms with Crippen LogP contribution in [-0.4, -0.2) is 15.0 Å². The third kappa shape index (κ3) is 3.76. The van der Waals surface area contributed by atoms with Crippen molar-refractivity contribution >= 4 is 15.7 Å². The number of hydrogen-bond acceptors (Lipinski definition) is 3. The fourth-order valence-electron chi connectivity index (χ4n) is 2.81. The average Bonchev–Trinajstić information content (AvgIpc) is 2.52. The summed E-state index contributed by atoms with van der Waals surface area (Å²) in [5.74, 6) is -0.225. The van der Waals surface area contributed by atoms with Crippen LogP contribution in [0.2, 0.25) is 0 Å². The molecule has 0 unspecified atom stereocenters. The first-order valence-electron chi connectivity index (χ1n) is 7.70. The summed E-state index contributed by atoms with van der Waals surface area (Å²) in [4.78, 5) is 0.167. The fourth-order valence-corrected chi connectivity index (χ4v) is 4.49. The summed E-state index contributed by atoms with van der Waals surface area (Å²) >= 11 is 0. The lowest BCUT2D eigenvalue weighted by Crippen LogP contribution is -2.18. The van der Waals surface area contributed by atoms with Crippen LogP contribution in [0.4, 0.5) is 14.5 Å². The quantitative estimate of drug-likeness (QED) is 0.836. The number of alkyl halides is 2. The van der Waals surface area contributed by atoms with Crippen LogP contribution in [0.15, 0.2) is 29.2 Å². The minimum atomic E-state index is -3.97. The van der Waals surface area contributed by atoms with Crippen molar-refractivity contribution in [3.05, 3.63) is 52.1 Å². The molecule has 0 saturated carbocycles. The maximum absolute atomic E-state index is 12.9. The SMILES string of the molecule is Cc1c(C)c(C)c(S(=O)(=O)Nc2ccccc2OC(F)F)c(C)c1C. The van der Waals surface area contributed by atoms with Gasteiger partial charge in [-0.2, -0.15) is 8.78 Å². The van der Waals surface area contributed by atoms with Gasteiger partial charge in [-0.15, -0.1) is 0 Å². The van der Waals surface area contributed by atoms with Gasteiger partial charge < -0.3 is 4.74 Å². The van der Waals surface area contributed by atoms with Crippen molar-refractivity contribution in [3.8, 4) is 5.75 Å². The van der Waals surface area contributed by atoms with E-state index in [1.165, 1.54) is 18.2 Å². The van der Waals surface area contributed by atoms with Crippen molar-refractivity contribution in [1.82, 2.24) is 0 Å². The van der Waals surface area contributed by atoms with Gasteiger partial charge in [-0.25, -0.2) is 8.42 Å². The Kier molecular flexibility index (Phi) is 5.37. The van der Waals surface area contributed by atoms with Crippen molar-refractivity contribution in [2.45, 2.75) is 46.1 Å². The van der Waals surface area contributed by atoms with E-state index in [0.717, 1.165) is 16.7 Å². The van der Waals surface area contributed by atoms with Crippen LogP contribution < -0.4 is 9.46 Å². The first-order valence-corrected chi connectivity index (χ1v) is 9.18. The van der Waals surface area contributed by atoms with Crippen LogP contribution in [0.1, 0.15) is 27.8 Å². The Hall–Kier alpha value is -2.15. The van der Waals surface area contributed by atoms with Gasteiger partial charge in [-0.05, 0) is 74.6 Å². The van der Waals surface area contributed by atoms with Gasteiger partial charge in [0.05, 0.1) is 10.6 Å². The lowest BCUT2D eigenvalue weighted by molar-refractivity contribution is -0.0493. The molecule has 0 heterocycles. The average molecular weight is 369 g/mol. The maximum atomic E-state index is 12.9. The van der Waals surface area contributed by atoms with E-state index >= 15 is 0 Å². The molecule has 0 aliphatic rings. The lowest BCUT2D eigenvalue weighted by atomic mass is 9.95. The van der Waals surface area contributed by atoms with Gasteiger partial charge in [0.2, 0.25) is 0 Å². The zero-order chi connectivity index (χ0) is 18.9. The lowest BCUT2D eigenvalue weighted by Gasteiger charge is -2.20. The third-order valence-electron chi connectivity index (χ3n) is 4.55. The molecule has 0 aromatic heterocycles. The van der Waals surface area contributed by atoms with Crippen molar-refractivity contribution in [3.63, 3.8) is 0 Å². The summed E-state index contributed by atoms with van der Waals surface area (Å²) < 4.78 is 57.7. The predicted octanol–water partition coefficient (Wildman–Crippen LogP) is 4.63. The Balaban J connectivity index is 2.56. The molecule has 0 bridgehead atoms. The summed E-state index contributed by atoms with van der Waals surface area (Å²) in [6.45, 7) is 6.11. The van der Waals surface area contributed by atoms with Gasteiger partial charge in [-0.3, -0.25) is 4.72 Å². The number of rotatable bonds is 5. The van der Waals surface area contributed by atoms with E-state index in [9.17, 15) is 17.2 Å². The van der Waals surface area contributed by atoms with Gasteiger partial charge in [0.25, 0.3) is 10.0 Å². The summed E-state index contributed by atoms with van der Waals surface area (Å²) in [6.07, 6.45) is 0. The van der Waals surface area contributed by atoms with E-state index < -0.39 is 16.6 Å². The second-order valence-electron chi connectivity index (χ2n) is 5.93. The minimum absolute atomic E-state index is 0.0301. The molecule has 0 aliphatic carbocycles. The van der Waals surface area contributed by atoms with Crippen LogP contribution in [-0.2, 0) is 10.0 Å². The number of para-hydroxylation sites is 2. The number of halogens is 2. The number of anilines is 1. The Bertz CT molecular complexity index is 880. The molecule has 0 amide bonds. The molecule has 0 radical (unpaired) electrons. The van der Waals surface area contributed by atoms with Crippen molar-refractivity contribution in [1.29, 1.82) is 0 Å². The van der Waals surface area contributed by atoms with Gasteiger partial charge in [0.15, 0.2) is 0 Å². The number of hydrogen-bond donors (Lipinski definition) is 1. The fraction of sp³-hybridized carbons (Fsp3) is 0.333. The highest BCUT2D eigenvalue weighted by Crippen LogP contribution is 2.33. The van der Waals surface area contributed by atoms with Crippen LogP contribution in [0.25, 0.3) is 0 Å². The van der Waals surface area contributed by atoms with E-state index in [1.807, 2.05) is 20.8 Å².